The van der Waals surface area contributed by atoms with Crippen LogP contribution in [0.4, 0.5) is 0 Å². The molecule has 0 heterocycles. The molecule has 5 heteroatoms. The Morgan fingerprint density at radius 2 is 0.941 bits per heavy atom. The molecule has 2 unspecified atom stereocenters. The van der Waals surface area contributed by atoms with Gasteiger partial charge in [-0.3, -0.25) is 0 Å². The van der Waals surface area contributed by atoms with E-state index in [1.165, 1.54) is 0 Å². The molecule has 3 aromatic rings. The molecule has 0 aromatic heterocycles. The maximum absolute atomic E-state index is 10.9. The van der Waals surface area contributed by atoms with E-state index >= 15 is 0 Å². The van der Waals surface area contributed by atoms with Crippen LogP contribution in [0.2, 0.25) is 0 Å². The molecule has 6 rings (SSSR count). The largest absolute Gasteiger partial charge is 0.192 e. The number of terminal acetylenes is 1. The highest BCUT2D eigenvalue weighted by Gasteiger charge is 2.29. The Kier molecular flexibility index (Phi) is 14.1. The van der Waals surface area contributed by atoms with Crippen molar-refractivity contribution in [2.24, 2.45) is 22.7 Å². The van der Waals surface area contributed by atoms with Gasteiger partial charge in [0.05, 0.1) is 58.2 Å². The molecule has 3 aliphatic carbocycles. The Labute approximate surface area is 406 Å². The lowest BCUT2D eigenvalue weighted by atomic mass is 9.72. The molecule has 0 saturated carbocycles. The Balaban J connectivity index is 1.74. The number of fused-ring (bicyclic) bond motifs is 8. The zero-order chi connectivity index (χ0) is 49.9. The summed E-state index contributed by atoms with van der Waals surface area (Å²) in [5, 5.41) is 54.3. The average molecular weight is 888 g/mol. The lowest BCUT2D eigenvalue weighted by molar-refractivity contribution is 0.289. The second-order valence-electron chi connectivity index (χ2n) is 22.5. The predicted octanol–water partition coefficient (Wildman–Crippen LogP) is 15.5. The fourth-order valence-electron chi connectivity index (χ4n) is 8.74. The third-order valence-electron chi connectivity index (χ3n) is 13.0. The number of hydrogen-bond donors (Lipinski definition) is 0. The summed E-state index contributed by atoms with van der Waals surface area (Å²) in [6.07, 6.45) is 25.1. The molecule has 0 saturated heterocycles. The van der Waals surface area contributed by atoms with Gasteiger partial charge in [-0.15, -0.1) is 6.42 Å². The fraction of sp³-hybridized carbons (Fsp3) is 0.317. The van der Waals surface area contributed by atoms with Crippen molar-refractivity contribution in [2.45, 2.75) is 107 Å². The molecular weight excluding hydrogens is 827 g/mol. The second kappa shape index (κ2) is 19.3. The Morgan fingerprint density at radius 1 is 0.456 bits per heavy atom. The van der Waals surface area contributed by atoms with Crippen molar-refractivity contribution in [3.05, 3.63) is 175 Å². The normalized spacial score (nSPS) is 21.8. The van der Waals surface area contributed by atoms with Gasteiger partial charge < -0.3 is 0 Å². The van der Waals surface area contributed by atoms with Gasteiger partial charge in [-0.1, -0.05) is 137 Å². The van der Waals surface area contributed by atoms with Crippen LogP contribution >= 0.6 is 0 Å². The molecule has 10 bridgehead atoms. The molecule has 0 spiro atoms. The van der Waals surface area contributed by atoms with E-state index in [9.17, 15) is 26.3 Å². The summed E-state index contributed by atoms with van der Waals surface area (Å²) >= 11 is 0. The summed E-state index contributed by atoms with van der Waals surface area (Å²) in [7, 11) is 0. The van der Waals surface area contributed by atoms with Crippen LogP contribution in [0.25, 0.3) is 34.9 Å². The van der Waals surface area contributed by atoms with Crippen molar-refractivity contribution in [3.8, 4) is 42.7 Å². The minimum atomic E-state index is -0.291. The van der Waals surface area contributed by atoms with E-state index in [2.05, 4.69) is 162 Å². The fourth-order valence-corrected chi connectivity index (χ4v) is 8.74. The van der Waals surface area contributed by atoms with Crippen LogP contribution < -0.4 is 0 Å². The smallest absolute Gasteiger partial charge is 0.0998 e. The minimum Gasteiger partial charge on any atom is -0.192 e. The first-order chi connectivity index (χ1) is 31.8. The lowest BCUT2D eigenvalue weighted by Crippen LogP contribution is -2.21. The first-order valence-electron chi connectivity index (χ1n) is 23.2. The van der Waals surface area contributed by atoms with Gasteiger partial charge in [0.2, 0.25) is 0 Å². The number of hydrogen-bond acceptors (Lipinski definition) is 5. The standard InChI is InChI=1S/C63H61N5/c1-14-40-15-41-17-46(16-40)51(35-64)23-42-18-48(32-56(27-42)60(2,3)4)53(37-66)25-44-20-50(34-58(29-44)62(8,9)10)55(39-68)26-45-21-49(33-59(30-45)63(11,12)13)54(38-67)24-43-19-47(52(22-41)36-65)31-57(28-43)61(5,6)7/h1,15-26,28-30,32-34,42,57H,27,31H2,2-13H3/b51-23+,52-22+,53-25+,54-24+,55-26+. The van der Waals surface area contributed by atoms with E-state index < -0.39 is 0 Å². The van der Waals surface area contributed by atoms with E-state index in [0.717, 1.165) is 44.5 Å². The Hall–Kier alpha value is -7.67. The highest BCUT2D eigenvalue weighted by atomic mass is 14.4. The molecule has 0 amide bonds. The Morgan fingerprint density at radius 3 is 1.43 bits per heavy atom. The molecule has 0 N–H and O–H groups in total. The quantitative estimate of drug-likeness (QED) is 0.208. The minimum absolute atomic E-state index is 0.0386. The first kappa shape index (κ1) is 49.8. The first-order valence-corrected chi connectivity index (χ1v) is 23.2. The highest BCUT2D eigenvalue weighted by molar-refractivity contribution is 5.92. The van der Waals surface area contributed by atoms with Crippen molar-refractivity contribution < 1.29 is 0 Å². The van der Waals surface area contributed by atoms with E-state index in [1.807, 2.05) is 66.8 Å². The summed E-state index contributed by atoms with van der Waals surface area (Å²) in [6.45, 7) is 25.8. The number of allylic oxidation sites excluding steroid dienone is 15. The van der Waals surface area contributed by atoms with Crippen molar-refractivity contribution in [1.82, 2.24) is 0 Å². The van der Waals surface area contributed by atoms with E-state index in [-0.39, 0.29) is 33.5 Å². The molecule has 5 nitrogen and oxygen atoms in total. The molecule has 338 valence electrons. The van der Waals surface area contributed by atoms with Crippen LogP contribution in [0.3, 0.4) is 0 Å². The van der Waals surface area contributed by atoms with Crippen LogP contribution in [-0.2, 0) is 10.8 Å². The van der Waals surface area contributed by atoms with Gasteiger partial charge in [-0.05, 0) is 168 Å². The number of nitriles is 5. The van der Waals surface area contributed by atoms with Gasteiger partial charge in [0, 0.05) is 11.5 Å². The van der Waals surface area contributed by atoms with Gasteiger partial charge in [-0.25, -0.2) is 0 Å². The van der Waals surface area contributed by atoms with Crippen LogP contribution in [0.15, 0.2) is 124 Å². The zero-order valence-corrected chi connectivity index (χ0v) is 41.8. The number of benzene rings is 3. The van der Waals surface area contributed by atoms with Gasteiger partial charge in [0.25, 0.3) is 0 Å². The van der Waals surface area contributed by atoms with Gasteiger partial charge in [0.15, 0.2) is 0 Å². The van der Waals surface area contributed by atoms with Crippen LogP contribution in [0, 0.1) is 91.7 Å². The molecule has 0 radical (unpaired) electrons. The van der Waals surface area contributed by atoms with Crippen LogP contribution in [0.5, 0.6) is 0 Å². The summed E-state index contributed by atoms with van der Waals surface area (Å²) in [5.74, 6) is 2.57. The van der Waals surface area contributed by atoms with E-state index in [1.54, 1.807) is 0 Å². The summed E-state index contributed by atoms with van der Waals surface area (Å²) in [6, 6.07) is 30.2. The Bertz CT molecular complexity index is 3140. The molecule has 3 aromatic carbocycles. The SMILES string of the molecule is C#Cc1cc2cc(c1)/C(C#N)=C/C1C=C(C=C(C(C)(C)C)C1)/C(C#N)=C/c1cc(cc(C(C)(C)C)c1)/C(C#N)=C/c1cc(cc(C(C)(C)C)c1)/C(C#N)=C/C1=CC(C(C)(C)C)CC(=C1)/C(C#N)=C/2. The van der Waals surface area contributed by atoms with Gasteiger partial charge in [0.1, 0.15) is 0 Å². The van der Waals surface area contributed by atoms with Crippen LogP contribution in [-0.4, -0.2) is 0 Å². The monoisotopic (exact) mass is 887 g/mol. The molecule has 68 heavy (non-hydrogen) atoms. The second-order valence-corrected chi connectivity index (χ2v) is 22.5. The zero-order valence-electron chi connectivity index (χ0n) is 41.8. The van der Waals surface area contributed by atoms with Crippen LogP contribution in [0.1, 0.15) is 146 Å². The van der Waals surface area contributed by atoms with E-state index in [4.69, 9.17) is 6.42 Å². The predicted molar refractivity (Wildman–Crippen MR) is 280 cm³/mol. The van der Waals surface area contributed by atoms with Crippen molar-refractivity contribution >= 4 is 34.9 Å². The number of nitrogens with zero attached hydrogens (tertiary/aromatic N) is 5. The third kappa shape index (κ3) is 11.6. The van der Waals surface area contributed by atoms with Crippen molar-refractivity contribution in [2.75, 3.05) is 0 Å². The highest BCUT2D eigenvalue weighted by Crippen LogP contribution is 2.42. The molecular formula is C63H61N5. The molecule has 0 fully saturated rings. The summed E-state index contributed by atoms with van der Waals surface area (Å²) in [4.78, 5) is 0. The third-order valence-corrected chi connectivity index (χ3v) is 13.0. The van der Waals surface area contributed by atoms with Gasteiger partial charge >= 0.3 is 0 Å². The number of rotatable bonds is 0. The molecule has 2 atom stereocenters. The lowest BCUT2D eigenvalue weighted by Gasteiger charge is -2.32. The average Bonchev–Trinajstić information content (AvgIpc) is 3.28. The summed E-state index contributed by atoms with van der Waals surface area (Å²) in [5.41, 5.74) is 11.7. The van der Waals surface area contributed by atoms with E-state index in [0.29, 0.717) is 68.5 Å². The summed E-state index contributed by atoms with van der Waals surface area (Å²) < 4.78 is 0. The van der Waals surface area contributed by atoms with Crippen molar-refractivity contribution in [3.63, 3.8) is 0 Å². The maximum atomic E-state index is 10.9. The molecule has 0 aliphatic heterocycles. The topological polar surface area (TPSA) is 119 Å². The maximum Gasteiger partial charge on any atom is 0.0998 e. The van der Waals surface area contributed by atoms with Gasteiger partial charge in [-0.2, -0.15) is 26.3 Å². The van der Waals surface area contributed by atoms with Crippen molar-refractivity contribution in [1.29, 1.82) is 26.3 Å². The molecule has 3 aliphatic rings.